The highest BCUT2D eigenvalue weighted by atomic mass is 16.5. The van der Waals surface area contributed by atoms with Gasteiger partial charge >= 0.3 is 0 Å². The third kappa shape index (κ3) is 2.89. The number of nitrogens with zero attached hydrogens (tertiary/aromatic N) is 4. The fourth-order valence-electron chi connectivity index (χ4n) is 3.32. The van der Waals surface area contributed by atoms with E-state index in [0.717, 1.165) is 56.7 Å². The number of piperidine rings is 1. The van der Waals surface area contributed by atoms with E-state index in [1.165, 1.54) is 12.8 Å². The van der Waals surface area contributed by atoms with Crippen LogP contribution in [0.4, 0.5) is 0 Å². The first-order valence-electron chi connectivity index (χ1n) is 8.52. The summed E-state index contributed by atoms with van der Waals surface area (Å²) >= 11 is 0. The minimum atomic E-state index is 0.273. The van der Waals surface area contributed by atoms with Crippen molar-refractivity contribution in [1.29, 1.82) is 0 Å². The summed E-state index contributed by atoms with van der Waals surface area (Å²) in [6.45, 7) is 6.37. The molecule has 3 fully saturated rings. The highest BCUT2D eigenvalue weighted by molar-refractivity contribution is 5.78. The standard InChI is InChI=1S/C16H24N4O2/c1-11-4-6-20(7-5-11)14(21)10-19-8-13(9-19)16-17-15(18-22-16)12-2-3-12/h11-13H,2-10H2,1H3. The Hall–Kier alpha value is -1.43. The molecule has 2 saturated heterocycles. The van der Waals surface area contributed by atoms with Crippen LogP contribution in [0.15, 0.2) is 4.52 Å². The van der Waals surface area contributed by atoms with Crippen molar-refractivity contribution in [3.05, 3.63) is 11.7 Å². The van der Waals surface area contributed by atoms with Gasteiger partial charge in [-0.25, -0.2) is 0 Å². The predicted molar refractivity (Wildman–Crippen MR) is 80.4 cm³/mol. The van der Waals surface area contributed by atoms with Crippen molar-refractivity contribution >= 4 is 5.91 Å². The zero-order valence-electron chi connectivity index (χ0n) is 13.2. The molecule has 0 unspecified atom stereocenters. The molecule has 4 rings (SSSR count). The maximum atomic E-state index is 12.3. The fraction of sp³-hybridized carbons (Fsp3) is 0.812. The average molecular weight is 304 g/mol. The second kappa shape index (κ2) is 5.65. The average Bonchev–Trinajstić information content (AvgIpc) is 3.21. The first kappa shape index (κ1) is 14.2. The van der Waals surface area contributed by atoms with E-state index in [-0.39, 0.29) is 5.91 Å². The molecule has 1 aromatic heterocycles. The molecule has 0 atom stereocenters. The largest absolute Gasteiger partial charge is 0.342 e. The van der Waals surface area contributed by atoms with Gasteiger partial charge in [-0.1, -0.05) is 12.1 Å². The van der Waals surface area contributed by atoms with Crippen LogP contribution in [0.1, 0.15) is 56.2 Å². The van der Waals surface area contributed by atoms with Gasteiger partial charge < -0.3 is 9.42 Å². The van der Waals surface area contributed by atoms with Crippen LogP contribution in [0.3, 0.4) is 0 Å². The van der Waals surface area contributed by atoms with Gasteiger partial charge in [-0.3, -0.25) is 9.69 Å². The molecular formula is C16H24N4O2. The van der Waals surface area contributed by atoms with Gasteiger partial charge in [-0.05, 0) is 31.6 Å². The van der Waals surface area contributed by atoms with Crippen molar-refractivity contribution in [2.24, 2.45) is 5.92 Å². The molecule has 6 nitrogen and oxygen atoms in total. The lowest BCUT2D eigenvalue weighted by Crippen LogP contribution is -2.51. The van der Waals surface area contributed by atoms with Gasteiger partial charge in [0, 0.05) is 32.1 Å². The van der Waals surface area contributed by atoms with Gasteiger partial charge in [0.15, 0.2) is 5.82 Å². The first-order chi connectivity index (χ1) is 10.7. The number of carbonyl (C=O) groups is 1. The van der Waals surface area contributed by atoms with E-state index in [0.29, 0.717) is 18.4 Å². The molecule has 1 amide bonds. The fourth-order valence-corrected chi connectivity index (χ4v) is 3.32. The number of hydrogen-bond donors (Lipinski definition) is 0. The number of rotatable bonds is 4. The maximum Gasteiger partial charge on any atom is 0.236 e. The van der Waals surface area contributed by atoms with E-state index in [9.17, 15) is 4.79 Å². The summed E-state index contributed by atoms with van der Waals surface area (Å²) in [6, 6.07) is 0. The Bertz CT molecular complexity index is 540. The lowest BCUT2D eigenvalue weighted by Gasteiger charge is -2.38. The minimum absolute atomic E-state index is 0.273. The molecule has 0 aromatic carbocycles. The monoisotopic (exact) mass is 304 g/mol. The number of hydrogen-bond acceptors (Lipinski definition) is 5. The molecule has 3 aliphatic rings. The number of amides is 1. The summed E-state index contributed by atoms with van der Waals surface area (Å²) in [4.78, 5) is 21.0. The number of likely N-dealkylation sites (tertiary alicyclic amines) is 2. The Kier molecular flexibility index (Phi) is 3.64. The van der Waals surface area contributed by atoms with Gasteiger partial charge in [-0.2, -0.15) is 4.98 Å². The van der Waals surface area contributed by atoms with Crippen molar-refractivity contribution in [1.82, 2.24) is 19.9 Å². The molecule has 120 valence electrons. The SMILES string of the molecule is CC1CCN(C(=O)CN2CC(c3nc(C4CC4)no3)C2)CC1. The summed E-state index contributed by atoms with van der Waals surface area (Å²) in [5.74, 6) is 3.53. The van der Waals surface area contributed by atoms with E-state index >= 15 is 0 Å². The van der Waals surface area contributed by atoms with E-state index in [2.05, 4.69) is 22.0 Å². The molecule has 22 heavy (non-hydrogen) atoms. The van der Waals surface area contributed by atoms with E-state index in [4.69, 9.17) is 4.52 Å². The molecule has 6 heteroatoms. The topological polar surface area (TPSA) is 62.5 Å². The molecule has 0 bridgehead atoms. The van der Waals surface area contributed by atoms with Crippen LogP contribution in [-0.4, -0.2) is 58.6 Å². The van der Waals surface area contributed by atoms with Crippen molar-refractivity contribution in [2.75, 3.05) is 32.7 Å². The molecule has 3 heterocycles. The molecule has 2 aliphatic heterocycles. The van der Waals surface area contributed by atoms with Crippen LogP contribution in [0.25, 0.3) is 0 Å². The molecular weight excluding hydrogens is 280 g/mol. The summed E-state index contributed by atoms with van der Waals surface area (Å²) < 4.78 is 5.37. The van der Waals surface area contributed by atoms with Crippen molar-refractivity contribution in [3.8, 4) is 0 Å². The zero-order valence-corrected chi connectivity index (χ0v) is 13.2. The molecule has 0 N–H and O–H groups in total. The summed E-state index contributed by atoms with van der Waals surface area (Å²) in [7, 11) is 0. The van der Waals surface area contributed by atoms with Gasteiger partial charge in [0.1, 0.15) is 0 Å². The lowest BCUT2D eigenvalue weighted by atomic mass is 9.98. The second-order valence-corrected chi connectivity index (χ2v) is 7.22. The Morgan fingerprint density at radius 1 is 1.18 bits per heavy atom. The Morgan fingerprint density at radius 2 is 1.91 bits per heavy atom. The summed E-state index contributed by atoms with van der Waals surface area (Å²) in [6.07, 6.45) is 4.66. The number of carbonyl (C=O) groups excluding carboxylic acids is 1. The number of aromatic nitrogens is 2. The van der Waals surface area contributed by atoms with E-state index in [1.807, 2.05) is 4.90 Å². The second-order valence-electron chi connectivity index (χ2n) is 7.22. The van der Waals surface area contributed by atoms with Crippen molar-refractivity contribution in [2.45, 2.75) is 44.4 Å². The minimum Gasteiger partial charge on any atom is -0.342 e. The van der Waals surface area contributed by atoms with Crippen LogP contribution in [-0.2, 0) is 4.79 Å². The third-order valence-electron chi connectivity index (χ3n) is 5.20. The van der Waals surface area contributed by atoms with Crippen LogP contribution < -0.4 is 0 Å². The highest BCUT2D eigenvalue weighted by Crippen LogP contribution is 2.39. The van der Waals surface area contributed by atoms with Gasteiger partial charge in [0.25, 0.3) is 0 Å². The van der Waals surface area contributed by atoms with Crippen LogP contribution in [0.5, 0.6) is 0 Å². The van der Waals surface area contributed by atoms with E-state index < -0.39 is 0 Å². The smallest absolute Gasteiger partial charge is 0.236 e. The van der Waals surface area contributed by atoms with E-state index in [1.54, 1.807) is 0 Å². The molecule has 0 spiro atoms. The van der Waals surface area contributed by atoms with Crippen molar-refractivity contribution in [3.63, 3.8) is 0 Å². The summed E-state index contributed by atoms with van der Waals surface area (Å²) in [5, 5.41) is 4.07. The van der Waals surface area contributed by atoms with Crippen LogP contribution in [0, 0.1) is 5.92 Å². The summed E-state index contributed by atoms with van der Waals surface area (Å²) in [5.41, 5.74) is 0. The normalized spacial score (nSPS) is 24.5. The Balaban J connectivity index is 1.23. The maximum absolute atomic E-state index is 12.3. The zero-order chi connectivity index (χ0) is 15.1. The van der Waals surface area contributed by atoms with Gasteiger partial charge in [-0.15, -0.1) is 0 Å². The van der Waals surface area contributed by atoms with Crippen molar-refractivity contribution < 1.29 is 9.32 Å². The first-order valence-corrected chi connectivity index (χ1v) is 8.52. The molecule has 1 aromatic rings. The lowest BCUT2D eigenvalue weighted by molar-refractivity contribution is -0.135. The van der Waals surface area contributed by atoms with Crippen LogP contribution >= 0.6 is 0 Å². The quantitative estimate of drug-likeness (QED) is 0.845. The predicted octanol–water partition coefficient (Wildman–Crippen LogP) is 1.60. The molecule has 1 aliphatic carbocycles. The van der Waals surface area contributed by atoms with Gasteiger partial charge in [0.05, 0.1) is 12.5 Å². The Morgan fingerprint density at radius 3 is 2.59 bits per heavy atom. The Labute approximate surface area is 130 Å². The molecule has 0 radical (unpaired) electrons. The van der Waals surface area contributed by atoms with Gasteiger partial charge in [0.2, 0.25) is 11.8 Å². The third-order valence-corrected chi connectivity index (χ3v) is 5.20. The highest BCUT2D eigenvalue weighted by Gasteiger charge is 2.36. The molecule has 1 saturated carbocycles. The van der Waals surface area contributed by atoms with Crippen LogP contribution in [0.2, 0.25) is 0 Å².